The first kappa shape index (κ1) is 11.9. The van der Waals surface area contributed by atoms with Crippen LogP contribution in [0.25, 0.3) is 0 Å². The quantitative estimate of drug-likeness (QED) is 0.535. The van der Waals surface area contributed by atoms with Crippen LogP contribution in [0.1, 0.15) is 32.6 Å². The Labute approximate surface area is 92.4 Å². The summed E-state index contributed by atoms with van der Waals surface area (Å²) in [5, 5.41) is 3.59. The topological polar surface area (TPSA) is 12.0 Å². The molecule has 0 saturated heterocycles. The molecule has 0 spiro atoms. The summed E-state index contributed by atoms with van der Waals surface area (Å²) < 4.78 is 0. The highest BCUT2D eigenvalue weighted by Crippen LogP contribution is 2.27. The van der Waals surface area contributed by atoms with Crippen molar-refractivity contribution in [2.24, 2.45) is 5.92 Å². The zero-order valence-corrected chi connectivity index (χ0v) is 9.91. The zero-order valence-electron chi connectivity index (χ0n) is 9.09. The Morgan fingerprint density at radius 1 is 1.50 bits per heavy atom. The van der Waals surface area contributed by atoms with Crippen LogP contribution in [0.2, 0.25) is 0 Å². The van der Waals surface area contributed by atoms with E-state index in [-0.39, 0.29) is 0 Å². The largest absolute Gasteiger partial charge is 0.313 e. The molecule has 0 aromatic heterocycles. The monoisotopic (exact) mass is 211 g/mol. The molecular formula is C12H21NS. The highest BCUT2D eigenvalue weighted by Gasteiger charge is 2.20. The van der Waals surface area contributed by atoms with Crippen molar-refractivity contribution in [2.45, 2.75) is 38.6 Å². The maximum absolute atomic E-state index is 5.18. The minimum absolute atomic E-state index is 0.698. The fourth-order valence-corrected chi connectivity index (χ4v) is 2.64. The minimum Gasteiger partial charge on any atom is -0.313 e. The standard InChI is InChI=1S/C12H21NS/c1-3-9-14-10-8-13-11(2)12-6-4-5-7-12/h1,11-13H,4-10H2,2H3. The third-order valence-corrected chi connectivity index (χ3v) is 3.87. The summed E-state index contributed by atoms with van der Waals surface area (Å²) >= 11 is 1.84. The van der Waals surface area contributed by atoms with Crippen molar-refractivity contribution in [3.05, 3.63) is 0 Å². The SMILES string of the molecule is C#CCSCCNC(C)C1CCCC1. The van der Waals surface area contributed by atoms with Gasteiger partial charge >= 0.3 is 0 Å². The van der Waals surface area contributed by atoms with Crippen molar-refractivity contribution in [2.75, 3.05) is 18.1 Å². The molecule has 0 amide bonds. The van der Waals surface area contributed by atoms with Crippen molar-refractivity contribution < 1.29 is 0 Å². The average Bonchev–Trinajstić information content (AvgIpc) is 2.70. The normalized spacial score (nSPS) is 19.4. The molecule has 80 valence electrons. The maximum atomic E-state index is 5.18. The molecule has 0 radical (unpaired) electrons. The molecule has 1 fully saturated rings. The van der Waals surface area contributed by atoms with Crippen molar-refractivity contribution >= 4 is 11.8 Å². The first-order valence-electron chi connectivity index (χ1n) is 5.59. The van der Waals surface area contributed by atoms with Gasteiger partial charge in [0.1, 0.15) is 0 Å². The lowest BCUT2D eigenvalue weighted by Gasteiger charge is -2.20. The third kappa shape index (κ3) is 4.39. The summed E-state index contributed by atoms with van der Waals surface area (Å²) in [6.07, 6.45) is 10.9. The Bertz CT molecular complexity index is 179. The average molecular weight is 211 g/mol. The molecule has 0 bridgehead atoms. The van der Waals surface area contributed by atoms with Crippen LogP contribution >= 0.6 is 11.8 Å². The van der Waals surface area contributed by atoms with Gasteiger partial charge in [-0.1, -0.05) is 18.8 Å². The van der Waals surface area contributed by atoms with E-state index in [1.54, 1.807) is 0 Å². The van der Waals surface area contributed by atoms with Gasteiger partial charge in [-0.05, 0) is 25.7 Å². The molecule has 14 heavy (non-hydrogen) atoms. The van der Waals surface area contributed by atoms with Crippen molar-refractivity contribution in [1.29, 1.82) is 0 Å². The molecule has 1 rings (SSSR count). The van der Waals surface area contributed by atoms with E-state index in [4.69, 9.17) is 6.42 Å². The van der Waals surface area contributed by atoms with Gasteiger partial charge in [-0.2, -0.15) is 0 Å². The van der Waals surface area contributed by atoms with Gasteiger partial charge < -0.3 is 5.32 Å². The number of thioether (sulfide) groups is 1. The summed E-state index contributed by atoms with van der Waals surface area (Å²) in [5.41, 5.74) is 0. The van der Waals surface area contributed by atoms with E-state index in [2.05, 4.69) is 18.2 Å². The molecule has 0 aromatic carbocycles. The molecular weight excluding hydrogens is 190 g/mol. The predicted octanol–water partition coefficient (Wildman–Crippen LogP) is 2.52. The summed E-state index contributed by atoms with van der Waals surface area (Å²) in [6.45, 7) is 3.42. The number of hydrogen-bond donors (Lipinski definition) is 1. The zero-order chi connectivity index (χ0) is 10.2. The summed E-state index contributed by atoms with van der Waals surface area (Å²) in [7, 11) is 0. The molecule has 1 aliphatic carbocycles. The van der Waals surface area contributed by atoms with Gasteiger partial charge in [-0.25, -0.2) is 0 Å². The molecule has 1 unspecified atom stereocenters. The highest BCUT2D eigenvalue weighted by atomic mass is 32.2. The first-order valence-corrected chi connectivity index (χ1v) is 6.74. The van der Waals surface area contributed by atoms with Crippen LogP contribution in [0.4, 0.5) is 0 Å². The fourth-order valence-electron chi connectivity index (χ4n) is 2.11. The predicted molar refractivity (Wildman–Crippen MR) is 65.6 cm³/mol. The van der Waals surface area contributed by atoms with E-state index < -0.39 is 0 Å². The van der Waals surface area contributed by atoms with Gasteiger partial charge in [0, 0.05) is 18.3 Å². The fraction of sp³-hybridized carbons (Fsp3) is 0.833. The molecule has 1 N–H and O–H groups in total. The van der Waals surface area contributed by atoms with Gasteiger partial charge in [0.05, 0.1) is 5.75 Å². The Hall–Kier alpha value is -0.130. The lowest BCUT2D eigenvalue weighted by Crippen LogP contribution is -2.33. The van der Waals surface area contributed by atoms with Crippen LogP contribution in [0.3, 0.4) is 0 Å². The van der Waals surface area contributed by atoms with E-state index >= 15 is 0 Å². The van der Waals surface area contributed by atoms with E-state index in [1.165, 1.54) is 25.7 Å². The Kier molecular flexibility index (Phi) is 6.14. The van der Waals surface area contributed by atoms with Crippen LogP contribution in [-0.4, -0.2) is 24.1 Å². The summed E-state index contributed by atoms with van der Waals surface area (Å²) in [4.78, 5) is 0. The molecule has 0 aliphatic heterocycles. The van der Waals surface area contributed by atoms with Crippen LogP contribution < -0.4 is 5.32 Å². The van der Waals surface area contributed by atoms with Gasteiger partial charge in [-0.15, -0.1) is 18.2 Å². The lowest BCUT2D eigenvalue weighted by molar-refractivity contribution is 0.390. The van der Waals surface area contributed by atoms with Crippen LogP contribution in [-0.2, 0) is 0 Å². The van der Waals surface area contributed by atoms with E-state index in [1.807, 2.05) is 11.8 Å². The lowest BCUT2D eigenvalue weighted by atomic mass is 10.00. The maximum Gasteiger partial charge on any atom is 0.0545 e. The second-order valence-electron chi connectivity index (χ2n) is 4.04. The van der Waals surface area contributed by atoms with E-state index in [9.17, 15) is 0 Å². The smallest absolute Gasteiger partial charge is 0.0545 e. The number of nitrogens with one attached hydrogen (secondary N) is 1. The van der Waals surface area contributed by atoms with Gasteiger partial charge in [0.25, 0.3) is 0 Å². The molecule has 1 aliphatic rings. The molecule has 1 saturated carbocycles. The number of rotatable bonds is 6. The summed E-state index contributed by atoms with van der Waals surface area (Å²) in [5.74, 6) is 5.56. The molecule has 1 atom stereocenters. The Morgan fingerprint density at radius 3 is 2.86 bits per heavy atom. The minimum atomic E-state index is 0.698. The van der Waals surface area contributed by atoms with Crippen LogP contribution in [0.5, 0.6) is 0 Å². The van der Waals surface area contributed by atoms with E-state index in [0.29, 0.717) is 6.04 Å². The third-order valence-electron chi connectivity index (χ3n) is 3.01. The summed E-state index contributed by atoms with van der Waals surface area (Å²) in [6, 6.07) is 0.698. The number of hydrogen-bond acceptors (Lipinski definition) is 2. The molecule has 2 heteroatoms. The second-order valence-corrected chi connectivity index (χ2v) is 5.15. The van der Waals surface area contributed by atoms with E-state index in [0.717, 1.165) is 24.0 Å². The number of terminal acetylenes is 1. The molecule has 0 aromatic rings. The van der Waals surface area contributed by atoms with Crippen molar-refractivity contribution in [3.63, 3.8) is 0 Å². The van der Waals surface area contributed by atoms with Crippen molar-refractivity contribution in [3.8, 4) is 12.3 Å². The van der Waals surface area contributed by atoms with Crippen LogP contribution in [0, 0.1) is 18.3 Å². The molecule has 0 heterocycles. The van der Waals surface area contributed by atoms with Gasteiger partial charge in [0.15, 0.2) is 0 Å². The van der Waals surface area contributed by atoms with Crippen molar-refractivity contribution in [1.82, 2.24) is 5.32 Å². The highest BCUT2D eigenvalue weighted by molar-refractivity contribution is 7.99. The second kappa shape index (κ2) is 7.20. The Morgan fingerprint density at radius 2 is 2.21 bits per heavy atom. The Balaban J connectivity index is 1.97. The first-order chi connectivity index (χ1) is 6.84. The van der Waals surface area contributed by atoms with Crippen LogP contribution in [0.15, 0.2) is 0 Å². The molecule has 1 nitrogen and oxygen atoms in total. The van der Waals surface area contributed by atoms with Gasteiger partial charge in [0.2, 0.25) is 0 Å². The van der Waals surface area contributed by atoms with Gasteiger partial charge in [-0.3, -0.25) is 0 Å².